The first kappa shape index (κ1) is 16.2. The summed E-state index contributed by atoms with van der Waals surface area (Å²) in [6.07, 6.45) is 2.13. The van der Waals surface area contributed by atoms with Crippen LogP contribution >= 0.6 is 11.8 Å². The lowest BCUT2D eigenvalue weighted by Crippen LogP contribution is -2.51. The van der Waals surface area contributed by atoms with Gasteiger partial charge in [-0.3, -0.25) is 4.90 Å². The Bertz CT molecular complexity index is 459. The van der Waals surface area contributed by atoms with Gasteiger partial charge in [-0.25, -0.2) is 4.79 Å². The number of hydrogen-bond acceptors (Lipinski definition) is 3. The number of amides is 2. The Kier molecular flexibility index (Phi) is 6.39. The number of hydrogen-bond donors (Lipinski definition) is 1. The first-order chi connectivity index (χ1) is 10.2. The van der Waals surface area contributed by atoms with E-state index in [1.54, 1.807) is 0 Å². The molecule has 21 heavy (non-hydrogen) atoms. The number of aryl methyl sites for hydroxylation is 1. The molecule has 0 atom stereocenters. The van der Waals surface area contributed by atoms with Crippen molar-refractivity contribution < 1.29 is 4.79 Å². The van der Waals surface area contributed by atoms with E-state index in [1.807, 2.05) is 28.8 Å². The van der Waals surface area contributed by atoms with Crippen molar-refractivity contribution in [2.75, 3.05) is 44.7 Å². The zero-order valence-corrected chi connectivity index (χ0v) is 13.8. The van der Waals surface area contributed by atoms with Crippen LogP contribution in [0, 0.1) is 6.92 Å². The van der Waals surface area contributed by atoms with Gasteiger partial charge in [-0.2, -0.15) is 11.8 Å². The molecular weight excluding hydrogens is 282 g/mol. The number of nitrogens with one attached hydrogen (secondary N) is 1. The molecule has 0 radical (unpaired) electrons. The molecule has 0 bridgehead atoms. The molecule has 1 aromatic rings. The first-order valence-corrected chi connectivity index (χ1v) is 8.88. The zero-order valence-electron chi connectivity index (χ0n) is 13.0. The van der Waals surface area contributed by atoms with E-state index in [4.69, 9.17) is 0 Å². The van der Waals surface area contributed by atoms with Gasteiger partial charge in [0.05, 0.1) is 0 Å². The van der Waals surface area contributed by atoms with Gasteiger partial charge in [0.1, 0.15) is 0 Å². The van der Waals surface area contributed by atoms with E-state index in [1.165, 1.54) is 11.3 Å². The number of benzene rings is 1. The molecule has 5 heteroatoms. The van der Waals surface area contributed by atoms with Gasteiger partial charge in [0.2, 0.25) is 0 Å². The van der Waals surface area contributed by atoms with Gasteiger partial charge in [0.15, 0.2) is 0 Å². The van der Waals surface area contributed by atoms with Crippen LogP contribution in [0.25, 0.3) is 0 Å². The molecule has 1 fully saturated rings. The summed E-state index contributed by atoms with van der Waals surface area (Å²) in [5.41, 5.74) is 2.38. The molecule has 1 aliphatic heterocycles. The zero-order chi connectivity index (χ0) is 15.1. The number of urea groups is 1. The molecule has 1 N–H and O–H groups in total. The fraction of sp³-hybridized carbons (Fsp3) is 0.562. The largest absolute Gasteiger partial charge is 0.334 e. The Labute approximate surface area is 131 Å². The second-order valence-corrected chi connectivity index (χ2v) is 6.45. The second kappa shape index (κ2) is 8.29. The predicted molar refractivity (Wildman–Crippen MR) is 89.8 cm³/mol. The van der Waals surface area contributed by atoms with Crippen molar-refractivity contribution in [2.45, 2.75) is 13.5 Å². The Morgan fingerprint density at radius 2 is 2.05 bits per heavy atom. The predicted octanol–water partition coefficient (Wildman–Crippen LogP) is 2.19. The molecular formula is C16H25N3OS. The highest BCUT2D eigenvalue weighted by Crippen LogP contribution is 2.06. The van der Waals surface area contributed by atoms with Gasteiger partial charge in [-0.05, 0) is 18.7 Å². The van der Waals surface area contributed by atoms with E-state index in [-0.39, 0.29) is 6.03 Å². The summed E-state index contributed by atoms with van der Waals surface area (Å²) in [5, 5.41) is 3.02. The van der Waals surface area contributed by atoms with Gasteiger partial charge in [-0.15, -0.1) is 0 Å². The average Bonchev–Trinajstić information content (AvgIpc) is 2.51. The van der Waals surface area contributed by atoms with Gasteiger partial charge in [0, 0.05) is 45.0 Å². The van der Waals surface area contributed by atoms with Crippen LogP contribution in [0.4, 0.5) is 4.79 Å². The number of thioether (sulfide) groups is 1. The minimum absolute atomic E-state index is 0.0565. The maximum atomic E-state index is 12.2. The van der Waals surface area contributed by atoms with Gasteiger partial charge in [0.25, 0.3) is 0 Å². The number of nitrogens with zero attached hydrogens (tertiary/aromatic N) is 2. The van der Waals surface area contributed by atoms with Crippen LogP contribution < -0.4 is 5.32 Å². The summed E-state index contributed by atoms with van der Waals surface area (Å²) in [6, 6.07) is 8.32. The molecule has 2 rings (SSSR count). The van der Waals surface area contributed by atoms with Crippen LogP contribution in [0.1, 0.15) is 11.1 Å². The SMILES string of the molecule is CSCCN1CCN(C(=O)NCc2cccc(C)c2)CC1. The van der Waals surface area contributed by atoms with Crippen molar-refractivity contribution >= 4 is 17.8 Å². The standard InChI is InChI=1S/C16H25N3OS/c1-14-4-3-5-15(12-14)13-17-16(20)19-8-6-18(7-9-19)10-11-21-2/h3-5,12H,6-11,13H2,1-2H3,(H,17,20). The quantitative estimate of drug-likeness (QED) is 0.906. The molecule has 2 amide bonds. The van der Waals surface area contributed by atoms with Crippen molar-refractivity contribution in [1.82, 2.24) is 15.1 Å². The van der Waals surface area contributed by atoms with Gasteiger partial charge >= 0.3 is 6.03 Å². The summed E-state index contributed by atoms with van der Waals surface area (Å²) < 4.78 is 0. The van der Waals surface area contributed by atoms with Crippen LogP contribution in [0.2, 0.25) is 0 Å². The maximum absolute atomic E-state index is 12.2. The van der Waals surface area contributed by atoms with E-state index in [9.17, 15) is 4.79 Å². The fourth-order valence-corrected chi connectivity index (χ4v) is 2.95. The molecule has 0 unspecified atom stereocenters. The number of piperazine rings is 1. The number of rotatable bonds is 5. The Balaban J connectivity index is 1.72. The van der Waals surface area contributed by atoms with Crippen molar-refractivity contribution in [3.63, 3.8) is 0 Å². The smallest absolute Gasteiger partial charge is 0.317 e. The molecule has 0 spiro atoms. The Morgan fingerprint density at radius 1 is 1.29 bits per heavy atom. The molecule has 0 aliphatic carbocycles. The number of carbonyl (C=O) groups excluding carboxylic acids is 1. The molecule has 1 aromatic carbocycles. The van der Waals surface area contributed by atoms with Crippen molar-refractivity contribution in [2.24, 2.45) is 0 Å². The van der Waals surface area contributed by atoms with E-state index < -0.39 is 0 Å². The monoisotopic (exact) mass is 307 g/mol. The lowest BCUT2D eigenvalue weighted by atomic mass is 10.1. The molecule has 116 valence electrons. The lowest BCUT2D eigenvalue weighted by Gasteiger charge is -2.34. The van der Waals surface area contributed by atoms with Crippen LogP contribution in [0.3, 0.4) is 0 Å². The van der Waals surface area contributed by atoms with Gasteiger partial charge in [-0.1, -0.05) is 29.8 Å². The van der Waals surface area contributed by atoms with E-state index in [0.29, 0.717) is 6.54 Å². The van der Waals surface area contributed by atoms with Crippen molar-refractivity contribution in [1.29, 1.82) is 0 Å². The molecule has 0 aromatic heterocycles. The molecule has 4 nitrogen and oxygen atoms in total. The minimum Gasteiger partial charge on any atom is -0.334 e. The highest BCUT2D eigenvalue weighted by molar-refractivity contribution is 7.98. The summed E-state index contributed by atoms with van der Waals surface area (Å²) in [7, 11) is 0. The Hall–Kier alpha value is -1.20. The van der Waals surface area contributed by atoms with E-state index >= 15 is 0 Å². The highest BCUT2D eigenvalue weighted by atomic mass is 32.2. The molecule has 0 saturated carbocycles. The summed E-state index contributed by atoms with van der Waals surface area (Å²) in [6.45, 7) is 7.42. The van der Waals surface area contributed by atoms with Gasteiger partial charge < -0.3 is 10.2 Å². The second-order valence-electron chi connectivity index (χ2n) is 5.47. The van der Waals surface area contributed by atoms with Crippen molar-refractivity contribution in [3.8, 4) is 0 Å². The molecule has 1 saturated heterocycles. The summed E-state index contributed by atoms with van der Waals surface area (Å²) in [4.78, 5) is 16.5. The van der Waals surface area contributed by atoms with Crippen molar-refractivity contribution in [3.05, 3.63) is 35.4 Å². The normalized spacial score (nSPS) is 16.0. The summed E-state index contributed by atoms with van der Waals surface area (Å²) >= 11 is 1.87. The molecule has 1 heterocycles. The maximum Gasteiger partial charge on any atom is 0.317 e. The van der Waals surface area contributed by atoms with Crippen LogP contribution in [-0.4, -0.2) is 60.6 Å². The van der Waals surface area contributed by atoms with Crippen LogP contribution in [0.5, 0.6) is 0 Å². The van der Waals surface area contributed by atoms with E-state index in [2.05, 4.69) is 35.5 Å². The third-order valence-electron chi connectivity index (χ3n) is 3.80. The average molecular weight is 307 g/mol. The summed E-state index contributed by atoms with van der Waals surface area (Å²) in [5.74, 6) is 1.17. The highest BCUT2D eigenvalue weighted by Gasteiger charge is 2.20. The first-order valence-electron chi connectivity index (χ1n) is 7.48. The van der Waals surface area contributed by atoms with Crippen LogP contribution in [-0.2, 0) is 6.54 Å². The Morgan fingerprint density at radius 3 is 2.71 bits per heavy atom. The number of carbonyl (C=O) groups is 1. The molecule has 1 aliphatic rings. The minimum atomic E-state index is 0.0565. The lowest BCUT2D eigenvalue weighted by molar-refractivity contribution is 0.143. The third kappa shape index (κ3) is 5.25. The fourth-order valence-electron chi connectivity index (χ4n) is 2.51. The van der Waals surface area contributed by atoms with Crippen LogP contribution in [0.15, 0.2) is 24.3 Å². The van der Waals surface area contributed by atoms with E-state index in [0.717, 1.165) is 38.3 Å². The topological polar surface area (TPSA) is 35.6 Å². The third-order valence-corrected chi connectivity index (χ3v) is 4.39.